The number of hydrogen-bond acceptors (Lipinski definition) is 4. The van der Waals surface area contributed by atoms with Crippen LogP contribution < -0.4 is 11.1 Å². The van der Waals surface area contributed by atoms with Crippen LogP contribution in [0, 0.1) is 0 Å². The maximum atomic E-state index is 12.8. The number of amides is 1. The Balaban J connectivity index is 2.32. The summed E-state index contributed by atoms with van der Waals surface area (Å²) >= 11 is 1.12. The van der Waals surface area contributed by atoms with Gasteiger partial charge in [0.25, 0.3) is 5.91 Å². The highest BCUT2D eigenvalue weighted by atomic mass is 32.1. The summed E-state index contributed by atoms with van der Waals surface area (Å²) in [6.07, 6.45) is -9.58. The van der Waals surface area contributed by atoms with Gasteiger partial charge < -0.3 is 11.1 Å². The number of rotatable bonds is 4. The highest BCUT2D eigenvalue weighted by Crippen LogP contribution is 2.37. The van der Waals surface area contributed by atoms with Crippen LogP contribution in [-0.2, 0) is 18.8 Å². The molecule has 0 atom stereocenters. The van der Waals surface area contributed by atoms with E-state index in [1.54, 1.807) is 0 Å². The summed E-state index contributed by atoms with van der Waals surface area (Å²) in [5.74, 6) is -0.910. The molecule has 0 radical (unpaired) electrons. The predicted octanol–water partition coefficient (Wildman–Crippen LogP) is 3.93. The Morgan fingerprint density at radius 2 is 1.64 bits per heavy atom. The smallest absolute Gasteiger partial charge is 0.330 e. The van der Waals surface area contributed by atoms with Gasteiger partial charge in [-0.15, -0.1) is 11.3 Å². The van der Waals surface area contributed by atoms with Gasteiger partial charge in [-0.25, -0.2) is 4.98 Å². The van der Waals surface area contributed by atoms with Crippen molar-refractivity contribution < 1.29 is 31.1 Å². The van der Waals surface area contributed by atoms with Crippen molar-refractivity contribution >= 4 is 22.9 Å². The second kappa shape index (κ2) is 7.00. The monoisotopic (exact) mass is 383 g/mol. The largest absolute Gasteiger partial charge is 0.416 e. The van der Waals surface area contributed by atoms with Crippen molar-refractivity contribution in [2.45, 2.75) is 18.8 Å². The molecule has 2 aromatic rings. The van der Waals surface area contributed by atoms with E-state index in [1.807, 2.05) is 5.32 Å². The zero-order valence-corrected chi connectivity index (χ0v) is 13.1. The van der Waals surface area contributed by atoms with Crippen LogP contribution in [-0.4, -0.2) is 17.4 Å². The van der Waals surface area contributed by atoms with Crippen molar-refractivity contribution in [1.29, 1.82) is 0 Å². The lowest BCUT2D eigenvalue weighted by molar-refractivity contribution is -0.143. The van der Waals surface area contributed by atoms with E-state index in [-0.39, 0.29) is 18.3 Å². The Kier molecular flexibility index (Phi) is 5.37. The molecule has 0 aliphatic carbocycles. The molecule has 1 amide bonds. The highest BCUT2D eigenvalue weighted by Gasteiger charge is 2.37. The van der Waals surface area contributed by atoms with E-state index in [1.165, 1.54) is 5.38 Å². The van der Waals surface area contributed by atoms with Gasteiger partial charge in [0, 0.05) is 17.5 Å². The first kappa shape index (κ1) is 19.2. The first-order valence-corrected chi connectivity index (χ1v) is 7.64. The van der Waals surface area contributed by atoms with Crippen molar-refractivity contribution in [3.8, 4) is 0 Å². The first-order chi connectivity index (χ1) is 11.5. The minimum atomic E-state index is -4.99. The van der Waals surface area contributed by atoms with Gasteiger partial charge in [-0.2, -0.15) is 26.3 Å². The Morgan fingerprint density at radius 1 is 1.08 bits per heavy atom. The van der Waals surface area contributed by atoms with Gasteiger partial charge in [-0.1, -0.05) is 0 Å². The predicted molar refractivity (Wildman–Crippen MR) is 79.3 cm³/mol. The molecule has 0 saturated heterocycles. The lowest BCUT2D eigenvalue weighted by Gasteiger charge is -2.14. The number of nitrogens with two attached hydrogens (primary N) is 1. The molecule has 0 aliphatic heterocycles. The number of hydrogen-bond donors (Lipinski definition) is 2. The third-order valence-electron chi connectivity index (χ3n) is 2.99. The number of carbonyl (C=O) groups is 1. The van der Waals surface area contributed by atoms with Crippen molar-refractivity contribution in [3.05, 3.63) is 45.4 Å². The molecular formula is C14H11F6N3OS. The number of halogens is 6. The van der Waals surface area contributed by atoms with Crippen LogP contribution in [0.4, 0.5) is 32.0 Å². The van der Waals surface area contributed by atoms with E-state index in [0.717, 1.165) is 11.3 Å². The van der Waals surface area contributed by atoms with E-state index >= 15 is 0 Å². The molecule has 0 aliphatic rings. The molecular weight excluding hydrogens is 372 g/mol. The summed E-state index contributed by atoms with van der Waals surface area (Å²) in [4.78, 5) is 15.9. The lowest BCUT2D eigenvalue weighted by Crippen LogP contribution is -2.16. The molecule has 0 bridgehead atoms. The fourth-order valence-corrected chi connectivity index (χ4v) is 2.67. The molecule has 0 saturated carbocycles. The van der Waals surface area contributed by atoms with E-state index < -0.39 is 35.1 Å². The van der Waals surface area contributed by atoms with Crippen molar-refractivity contribution in [1.82, 2.24) is 4.98 Å². The Bertz CT molecular complexity index is 736. The van der Waals surface area contributed by atoms with E-state index in [2.05, 4.69) is 4.98 Å². The lowest BCUT2D eigenvalue weighted by atomic mass is 10.1. The molecule has 3 N–H and O–H groups in total. The molecule has 0 fully saturated rings. The molecule has 4 nitrogen and oxygen atoms in total. The summed E-state index contributed by atoms with van der Waals surface area (Å²) in [5.41, 5.74) is 1.57. The number of benzene rings is 1. The van der Waals surface area contributed by atoms with Crippen LogP contribution in [0.1, 0.15) is 26.6 Å². The minimum absolute atomic E-state index is 0.0160. The first-order valence-electron chi connectivity index (χ1n) is 6.76. The van der Waals surface area contributed by atoms with Gasteiger partial charge in [-0.3, -0.25) is 4.79 Å². The fourth-order valence-electron chi connectivity index (χ4n) is 1.88. The van der Waals surface area contributed by atoms with Crippen molar-refractivity contribution in [2.75, 3.05) is 11.9 Å². The SMILES string of the molecule is NCCc1nc(C(=O)Nc2cc(C(F)(F)F)cc(C(F)(F)F)c2)cs1. The zero-order chi connectivity index (χ0) is 18.8. The molecule has 1 aromatic carbocycles. The van der Waals surface area contributed by atoms with Gasteiger partial charge >= 0.3 is 12.4 Å². The molecule has 1 aromatic heterocycles. The van der Waals surface area contributed by atoms with E-state index in [0.29, 0.717) is 23.6 Å². The fraction of sp³-hybridized carbons (Fsp3) is 0.286. The van der Waals surface area contributed by atoms with Gasteiger partial charge in [0.1, 0.15) is 5.69 Å². The second-order valence-corrected chi connectivity index (χ2v) is 5.86. The molecule has 1 heterocycles. The summed E-state index contributed by atoms with van der Waals surface area (Å²) in [6.45, 7) is 0.289. The van der Waals surface area contributed by atoms with Crippen LogP contribution >= 0.6 is 11.3 Å². The number of thiazole rings is 1. The number of carbonyl (C=O) groups excluding carboxylic acids is 1. The van der Waals surface area contributed by atoms with Gasteiger partial charge in [0.05, 0.1) is 16.1 Å². The Morgan fingerprint density at radius 3 is 2.12 bits per heavy atom. The molecule has 136 valence electrons. The van der Waals surface area contributed by atoms with Gasteiger partial charge in [0.15, 0.2) is 0 Å². The number of anilines is 1. The normalized spacial score (nSPS) is 12.3. The summed E-state index contributed by atoms with van der Waals surface area (Å²) in [6, 6.07) is 0.846. The van der Waals surface area contributed by atoms with Crippen molar-refractivity contribution in [3.63, 3.8) is 0 Å². The molecule has 0 unspecified atom stereocenters. The highest BCUT2D eigenvalue weighted by molar-refractivity contribution is 7.09. The topological polar surface area (TPSA) is 68.0 Å². The average molecular weight is 383 g/mol. The molecule has 11 heteroatoms. The standard InChI is InChI=1S/C14H11F6N3OS/c15-13(16,17)7-3-8(14(18,19)20)5-9(4-7)22-12(24)10-6-25-11(23-10)1-2-21/h3-6H,1-2,21H2,(H,22,24). The minimum Gasteiger partial charge on any atom is -0.330 e. The van der Waals surface area contributed by atoms with Crippen LogP contribution in [0.25, 0.3) is 0 Å². The summed E-state index contributed by atoms with van der Waals surface area (Å²) < 4.78 is 76.7. The molecule has 0 spiro atoms. The second-order valence-electron chi connectivity index (χ2n) is 4.91. The third kappa shape index (κ3) is 4.92. The Hall–Kier alpha value is -2.14. The van der Waals surface area contributed by atoms with Crippen molar-refractivity contribution in [2.24, 2.45) is 5.73 Å². The number of alkyl halides is 6. The maximum absolute atomic E-state index is 12.8. The average Bonchev–Trinajstić information content (AvgIpc) is 2.94. The summed E-state index contributed by atoms with van der Waals surface area (Å²) in [7, 11) is 0. The zero-order valence-electron chi connectivity index (χ0n) is 12.3. The number of aromatic nitrogens is 1. The molecule has 25 heavy (non-hydrogen) atoms. The maximum Gasteiger partial charge on any atom is 0.416 e. The van der Waals surface area contributed by atoms with E-state index in [9.17, 15) is 31.1 Å². The number of nitrogens with one attached hydrogen (secondary N) is 1. The van der Waals surface area contributed by atoms with Crippen LogP contribution in [0.2, 0.25) is 0 Å². The third-order valence-corrected chi connectivity index (χ3v) is 3.90. The Labute approximate surface area is 141 Å². The summed E-state index contributed by atoms with van der Waals surface area (Å²) in [5, 5.41) is 3.89. The van der Waals surface area contributed by atoms with Gasteiger partial charge in [-0.05, 0) is 24.7 Å². The van der Waals surface area contributed by atoms with Crippen LogP contribution in [0.5, 0.6) is 0 Å². The number of nitrogens with zero attached hydrogens (tertiary/aromatic N) is 1. The van der Waals surface area contributed by atoms with Gasteiger partial charge in [0.2, 0.25) is 0 Å². The van der Waals surface area contributed by atoms with Crippen LogP contribution in [0.3, 0.4) is 0 Å². The quantitative estimate of drug-likeness (QED) is 0.786. The van der Waals surface area contributed by atoms with Crippen LogP contribution in [0.15, 0.2) is 23.6 Å². The van der Waals surface area contributed by atoms with E-state index in [4.69, 9.17) is 5.73 Å². The molecule has 2 rings (SSSR count).